The van der Waals surface area contributed by atoms with Gasteiger partial charge in [0.05, 0.1) is 12.1 Å². The van der Waals surface area contributed by atoms with E-state index in [2.05, 4.69) is 5.10 Å². The third kappa shape index (κ3) is 2.76. The quantitative estimate of drug-likeness (QED) is 0.812. The van der Waals surface area contributed by atoms with Crippen LogP contribution in [0.15, 0.2) is 30.5 Å². The Morgan fingerprint density at radius 2 is 2.40 bits per heavy atom. The number of carbonyl (C=O) groups is 1. The fourth-order valence-electron chi connectivity index (χ4n) is 2.49. The summed E-state index contributed by atoms with van der Waals surface area (Å²) in [6.07, 6.45) is 4.51. The molecule has 0 aliphatic carbocycles. The van der Waals surface area contributed by atoms with E-state index >= 15 is 0 Å². The van der Waals surface area contributed by atoms with Crippen LogP contribution in [0.4, 0.5) is 0 Å². The van der Waals surface area contributed by atoms with Crippen molar-refractivity contribution in [3.8, 4) is 0 Å². The van der Waals surface area contributed by atoms with Gasteiger partial charge in [-0.25, -0.2) is 0 Å². The summed E-state index contributed by atoms with van der Waals surface area (Å²) in [5.41, 5.74) is 2.41. The zero-order valence-electron chi connectivity index (χ0n) is 11.0. The molecule has 0 radical (unpaired) electrons. The molecule has 2 aromatic rings. The second-order valence-corrected chi connectivity index (χ2v) is 5.35. The first-order chi connectivity index (χ1) is 9.76. The molecular formula is C15H15ClN2O2. The molecule has 3 rings (SSSR count). The molecule has 20 heavy (non-hydrogen) atoms. The highest BCUT2D eigenvalue weighted by molar-refractivity contribution is 6.30. The fraction of sp³-hybridized carbons (Fsp3) is 0.333. The molecule has 4 nitrogen and oxygen atoms in total. The Balaban J connectivity index is 1.85. The van der Waals surface area contributed by atoms with Crippen LogP contribution in [-0.4, -0.2) is 22.7 Å². The molecule has 1 saturated heterocycles. The standard InChI is InChI=1S/C15H15ClN2O2/c16-13-4-1-3-11(7-13)8-18-9-12(10-19)15(17-18)14-5-2-6-20-14/h1,3-4,7,9-10,14H,2,5-6,8H2. The number of benzene rings is 1. The Morgan fingerprint density at radius 3 is 3.10 bits per heavy atom. The van der Waals surface area contributed by atoms with Crippen LogP contribution in [-0.2, 0) is 11.3 Å². The van der Waals surface area contributed by atoms with Gasteiger partial charge in [-0.05, 0) is 30.5 Å². The van der Waals surface area contributed by atoms with Crippen LogP contribution in [0, 0.1) is 0 Å². The second kappa shape index (κ2) is 5.77. The summed E-state index contributed by atoms with van der Waals surface area (Å²) in [7, 11) is 0. The summed E-state index contributed by atoms with van der Waals surface area (Å²) >= 11 is 5.97. The molecule has 2 heterocycles. The lowest BCUT2D eigenvalue weighted by Gasteiger charge is -2.06. The van der Waals surface area contributed by atoms with Gasteiger partial charge in [0.2, 0.25) is 0 Å². The number of hydrogen-bond donors (Lipinski definition) is 0. The van der Waals surface area contributed by atoms with Crippen LogP contribution in [0.5, 0.6) is 0 Å². The number of hydrogen-bond acceptors (Lipinski definition) is 3. The molecule has 0 saturated carbocycles. The Hall–Kier alpha value is -1.65. The number of nitrogens with zero attached hydrogens (tertiary/aromatic N) is 2. The minimum atomic E-state index is -0.0455. The highest BCUT2D eigenvalue weighted by Crippen LogP contribution is 2.29. The molecule has 0 bridgehead atoms. The molecule has 104 valence electrons. The van der Waals surface area contributed by atoms with Gasteiger partial charge in [-0.15, -0.1) is 0 Å². The van der Waals surface area contributed by atoms with Crippen molar-refractivity contribution in [2.45, 2.75) is 25.5 Å². The monoisotopic (exact) mass is 290 g/mol. The molecule has 0 N–H and O–H groups in total. The zero-order chi connectivity index (χ0) is 13.9. The van der Waals surface area contributed by atoms with Crippen LogP contribution in [0.25, 0.3) is 0 Å². The van der Waals surface area contributed by atoms with Gasteiger partial charge in [0.25, 0.3) is 0 Å². The number of rotatable bonds is 4. The van der Waals surface area contributed by atoms with Crippen molar-refractivity contribution in [1.82, 2.24) is 9.78 Å². The number of halogens is 1. The van der Waals surface area contributed by atoms with E-state index < -0.39 is 0 Å². The zero-order valence-corrected chi connectivity index (χ0v) is 11.7. The Labute approximate surface area is 122 Å². The molecule has 1 aromatic carbocycles. The van der Waals surface area contributed by atoms with E-state index in [-0.39, 0.29) is 6.10 Å². The molecule has 0 spiro atoms. The van der Waals surface area contributed by atoms with Gasteiger partial charge >= 0.3 is 0 Å². The van der Waals surface area contributed by atoms with Crippen LogP contribution >= 0.6 is 11.6 Å². The van der Waals surface area contributed by atoms with Crippen LogP contribution < -0.4 is 0 Å². The van der Waals surface area contributed by atoms with Gasteiger partial charge < -0.3 is 4.74 Å². The second-order valence-electron chi connectivity index (χ2n) is 4.92. The molecule has 1 aromatic heterocycles. The average molecular weight is 291 g/mol. The Morgan fingerprint density at radius 1 is 1.50 bits per heavy atom. The Bertz CT molecular complexity index is 618. The molecule has 1 atom stereocenters. The minimum absolute atomic E-state index is 0.0455. The molecule has 1 aliphatic rings. The highest BCUT2D eigenvalue weighted by Gasteiger charge is 2.23. The molecular weight excluding hydrogens is 276 g/mol. The van der Waals surface area contributed by atoms with E-state index in [0.717, 1.165) is 37.0 Å². The van der Waals surface area contributed by atoms with Crippen molar-refractivity contribution in [3.05, 3.63) is 52.3 Å². The smallest absolute Gasteiger partial charge is 0.153 e. The van der Waals surface area contributed by atoms with Crippen molar-refractivity contribution < 1.29 is 9.53 Å². The first-order valence-electron chi connectivity index (χ1n) is 6.65. The van der Waals surface area contributed by atoms with Crippen molar-refractivity contribution in [2.75, 3.05) is 6.61 Å². The maximum Gasteiger partial charge on any atom is 0.153 e. The summed E-state index contributed by atoms with van der Waals surface area (Å²) in [4.78, 5) is 11.2. The molecule has 1 unspecified atom stereocenters. The summed E-state index contributed by atoms with van der Waals surface area (Å²) in [6.45, 7) is 1.33. The van der Waals surface area contributed by atoms with E-state index in [1.54, 1.807) is 10.9 Å². The number of carbonyl (C=O) groups excluding carboxylic acids is 1. The number of aldehydes is 1. The van der Waals surface area contributed by atoms with E-state index in [4.69, 9.17) is 16.3 Å². The number of aromatic nitrogens is 2. The topological polar surface area (TPSA) is 44.1 Å². The van der Waals surface area contributed by atoms with Gasteiger partial charge in [0.15, 0.2) is 6.29 Å². The SMILES string of the molecule is O=Cc1cn(Cc2cccc(Cl)c2)nc1C1CCCO1. The lowest BCUT2D eigenvalue weighted by Crippen LogP contribution is -2.03. The first kappa shape index (κ1) is 13.3. The van der Waals surface area contributed by atoms with Gasteiger partial charge in [0.1, 0.15) is 11.8 Å². The summed E-state index contributed by atoms with van der Waals surface area (Å²) in [5, 5.41) is 5.20. The van der Waals surface area contributed by atoms with E-state index in [9.17, 15) is 4.79 Å². The maximum absolute atomic E-state index is 11.2. The summed E-state index contributed by atoms with van der Waals surface area (Å²) in [5.74, 6) is 0. The largest absolute Gasteiger partial charge is 0.372 e. The molecule has 1 fully saturated rings. The van der Waals surface area contributed by atoms with Gasteiger partial charge in [-0.1, -0.05) is 23.7 Å². The van der Waals surface area contributed by atoms with Gasteiger partial charge in [0, 0.05) is 17.8 Å². The highest BCUT2D eigenvalue weighted by atomic mass is 35.5. The number of ether oxygens (including phenoxy) is 1. The van der Waals surface area contributed by atoms with Crippen molar-refractivity contribution >= 4 is 17.9 Å². The minimum Gasteiger partial charge on any atom is -0.372 e. The fourth-order valence-corrected chi connectivity index (χ4v) is 2.70. The Kier molecular flexibility index (Phi) is 3.85. The van der Waals surface area contributed by atoms with Gasteiger partial charge in [-0.2, -0.15) is 5.10 Å². The van der Waals surface area contributed by atoms with Crippen molar-refractivity contribution in [3.63, 3.8) is 0 Å². The summed E-state index contributed by atoms with van der Waals surface area (Å²) < 4.78 is 7.38. The lowest BCUT2D eigenvalue weighted by atomic mass is 10.1. The van der Waals surface area contributed by atoms with Crippen molar-refractivity contribution in [2.24, 2.45) is 0 Å². The third-order valence-corrected chi connectivity index (χ3v) is 3.65. The average Bonchev–Trinajstić information content (AvgIpc) is 3.06. The van der Waals surface area contributed by atoms with Gasteiger partial charge in [-0.3, -0.25) is 9.48 Å². The molecule has 1 aliphatic heterocycles. The maximum atomic E-state index is 11.2. The third-order valence-electron chi connectivity index (χ3n) is 3.42. The van der Waals surface area contributed by atoms with Crippen LogP contribution in [0.1, 0.15) is 40.6 Å². The summed E-state index contributed by atoms with van der Waals surface area (Å²) in [6, 6.07) is 7.63. The molecule has 0 amide bonds. The predicted molar refractivity (Wildman–Crippen MR) is 76.1 cm³/mol. The van der Waals surface area contributed by atoms with Crippen molar-refractivity contribution in [1.29, 1.82) is 0 Å². The van der Waals surface area contributed by atoms with E-state index in [1.165, 1.54) is 0 Å². The first-order valence-corrected chi connectivity index (χ1v) is 7.02. The van der Waals surface area contributed by atoms with Crippen LogP contribution in [0.3, 0.4) is 0 Å². The van der Waals surface area contributed by atoms with Crippen LogP contribution in [0.2, 0.25) is 5.02 Å². The predicted octanol–water partition coefficient (Wildman–Crippen LogP) is 3.25. The van der Waals surface area contributed by atoms with E-state index in [0.29, 0.717) is 17.1 Å². The normalized spacial score (nSPS) is 18.4. The lowest BCUT2D eigenvalue weighted by molar-refractivity contribution is 0.103. The van der Waals surface area contributed by atoms with E-state index in [1.807, 2.05) is 24.3 Å². The molecule has 5 heteroatoms.